The molecule has 1 atom stereocenters. The molecule has 122 valence electrons. The van der Waals surface area contributed by atoms with Gasteiger partial charge in [-0.15, -0.1) is 0 Å². The Labute approximate surface area is 136 Å². The Morgan fingerprint density at radius 2 is 2.27 bits per heavy atom. The van der Waals surface area contributed by atoms with Crippen LogP contribution in [0.3, 0.4) is 0 Å². The van der Waals surface area contributed by atoms with Crippen molar-refractivity contribution in [2.45, 2.75) is 12.5 Å². The average Bonchev–Trinajstić information content (AvgIpc) is 2.48. The summed E-state index contributed by atoms with van der Waals surface area (Å²) in [5.41, 5.74) is 0.743. The summed E-state index contributed by atoms with van der Waals surface area (Å²) in [7, 11) is 5.58. The van der Waals surface area contributed by atoms with Crippen molar-refractivity contribution >= 4 is 17.5 Å². The largest absolute Gasteiger partial charge is 0.496 e. The Morgan fingerprint density at radius 3 is 2.95 bits per heavy atom. The van der Waals surface area contributed by atoms with Gasteiger partial charge in [0.25, 0.3) is 0 Å². The molecule has 0 aliphatic carbocycles. The van der Waals surface area contributed by atoms with Crippen LogP contribution >= 0.6 is 11.6 Å². The number of hydrogen-bond donors (Lipinski definition) is 0. The number of ether oxygens (including phenoxy) is 2. The van der Waals surface area contributed by atoms with Gasteiger partial charge in [0.1, 0.15) is 5.75 Å². The van der Waals surface area contributed by atoms with E-state index in [1.807, 2.05) is 31.1 Å². The molecule has 1 aromatic rings. The topological polar surface area (TPSA) is 42.0 Å². The number of hydrogen-bond acceptors (Lipinski definition) is 4. The standard InChI is InChI=1S/C16H23ClN2O3/c1-18(2)10-12-11-19(7-8-22-12)16(20)9-13-14(17)5-4-6-15(13)21-3/h4-6,12H,7-11H2,1-3H3/t12-/m1/s1. The Morgan fingerprint density at radius 1 is 1.50 bits per heavy atom. The van der Waals surface area contributed by atoms with Gasteiger partial charge in [-0.1, -0.05) is 17.7 Å². The SMILES string of the molecule is COc1cccc(Cl)c1CC(=O)N1CCO[C@H](CN(C)C)C1. The van der Waals surface area contributed by atoms with Crippen LogP contribution in [0.4, 0.5) is 0 Å². The molecule has 0 bridgehead atoms. The quantitative estimate of drug-likeness (QED) is 0.825. The minimum atomic E-state index is 0.0541. The number of carbonyl (C=O) groups excluding carboxylic acids is 1. The van der Waals surface area contributed by atoms with Crippen molar-refractivity contribution in [1.82, 2.24) is 9.80 Å². The summed E-state index contributed by atoms with van der Waals surface area (Å²) in [6, 6.07) is 5.42. The van der Waals surface area contributed by atoms with Crippen molar-refractivity contribution in [3.8, 4) is 5.75 Å². The molecule has 2 rings (SSSR count). The van der Waals surface area contributed by atoms with Gasteiger partial charge in [0.05, 0.1) is 26.2 Å². The summed E-state index contributed by atoms with van der Waals surface area (Å²) in [6.07, 6.45) is 0.304. The summed E-state index contributed by atoms with van der Waals surface area (Å²) in [5.74, 6) is 0.706. The molecule has 0 spiro atoms. The Hall–Kier alpha value is -1.30. The fraction of sp³-hybridized carbons (Fsp3) is 0.562. The first-order valence-electron chi connectivity index (χ1n) is 7.36. The van der Waals surface area contributed by atoms with Gasteiger partial charge in [0, 0.05) is 30.2 Å². The van der Waals surface area contributed by atoms with Gasteiger partial charge in [-0.3, -0.25) is 4.79 Å². The van der Waals surface area contributed by atoms with Crippen molar-refractivity contribution in [3.05, 3.63) is 28.8 Å². The summed E-state index contributed by atoms with van der Waals surface area (Å²) in [6.45, 7) is 2.61. The average molecular weight is 327 g/mol. The molecular formula is C16H23ClN2O3. The number of likely N-dealkylation sites (N-methyl/N-ethyl adjacent to an activating group) is 1. The minimum absolute atomic E-state index is 0.0541. The first-order valence-corrected chi connectivity index (χ1v) is 7.74. The molecule has 0 saturated carbocycles. The number of rotatable bonds is 5. The smallest absolute Gasteiger partial charge is 0.227 e. The first-order chi connectivity index (χ1) is 10.5. The van der Waals surface area contributed by atoms with Gasteiger partial charge in [0.2, 0.25) is 5.91 Å². The predicted octanol–water partition coefficient (Wildman–Crippen LogP) is 1.68. The molecule has 1 saturated heterocycles. The molecule has 0 aromatic heterocycles. The van der Waals surface area contributed by atoms with E-state index in [2.05, 4.69) is 4.90 Å². The summed E-state index contributed by atoms with van der Waals surface area (Å²) < 4.78 is 11.0. The van der Waals surface area contributed by atoms with Crippen LogP contribution in [0.1, 0.15) is 5.56 Å². The van der Waals surface area contributed by atoms with E-state index in [-0.39, 0.29) is 18.4 Å². The van der Waals surface area contributed by atoms with E-state index in [9.17, 15) is 4.79 Å². The zero-order valence-electron chi connectivity index (χ0n) is 13.3. The lowest BCUT2D eigenvalue weighted by Crippen LogP contribution is -2.49. The molecule has 0 unspecified atom stereocenters. The van der Waals surface area contributed by atoms with Crippen LogP contribution in [-0.4, -0.2) is 69.3 Å². The highest BCUT2D eigenvalue weighted by molar-refractivity contribution is 6.31. The van der Waals surface area contributed by atoms with Crippen LogP contribution < -0.4 is 4.74 Å². The van der Waals surface area contributed by atoms with Gasteiger partial charge in [-0.2, -0.15) is 0 Å². The lowest BCUT2D eigenvalue weighted by Gasteiger charge is -2.34. The van der Waals surface area contributed by atoms with Crippen LogP contribution in [0.15, 0.2) is 18.2 Å². The summed E-state index contributed by atoms with van der Waals surface area (Å²) >= 11 is 6.21. The highest BCUT2D eigenvalue weighted by Gasteiger charge is 2.25. The van der Waals surface area contributed by atoms with Crippen molar-refractivity contribution in [3.63, 3.8) is 0 Å². The predicted molar refractivity (Wildman–Crippen MR) is 86.6 cm³/mol. The maximum atomic E-state index is 12.6. The highest BCUT2D eigenvalue weighted by atomic mass is 35.5. The van der Waals surface area contributed by atoms with Crippen molar-refractivity contribution in [2.75, 3.05) is 47.4 Å². The third-order valence-corrected chi connectivity index (χ3v) is 4.04. The van der Waals surface area contributed by atoms with E-state index in [0.717, 1.165) is 12.1 Å². The number of amides is 1. The molecule has 22 heavy (non-hydrogen) atoms. The van der Waals surface area contributed by atoms with Crippen LogP contribution in [0.25, 0.3) is 0 Å². The number of carbonyl (C=O) groups is 1. The first kappa shape index (κ1) is 17.1. The maximum absolute atomic E-state index is 12.6. The second-order valence-corrected chi connectivity index (χ2v) is 6.10. The van der Waals surface area contributed by atoms with Crippen LogP contribution in [0.5, 0.6) is 5.75 Å². The van der Waals surface area contributed by atoms with E-state index in [1.54, 1.807) is 13.2 Å². The van der Waals surface area contributed by atoms with Crippen LogP contribution in [0.2, 0.25) is 5.02 Å². The minimum Gasteiger partial charge on any atom is -0.496 e. The highest BCUT2D eigenvalue weighted by Crippen LogP contribution is 2.27. The molecule has 1 amide bonds. The molecule has 1 aliphatic heterocycles. The van der Waals surface area contributed by atoms with E-state index >= 15 is 0 Å². The van der Waals surface area contributed by atoms with E-state index in [0.29, 0.717) is 30.5 Å². The van der Waals surface area contributed by atoms with Crippen LogP contribution in [0, 0.1) is 0 Å². The zero-order valence-corrected chi connectivity index (χ0v) is 14.1. The number of halogens is 1. The maximum Gasteiger partial charge on any atom is 0.227 e. The molecule has 0 radical (unpaired) electrons. The molecule has 1 aromatic carbocycles. The van der Waals surface area contributed by atoms with Crippen molar-refractivity contribution in [2.24, 2.45) is 0 Å². The molecule has 1 fully saturated rings. The molecule has 1 aliphatic rings. The van der Waals surface area contributed by atoms with Crippen molar-refractivity contribution in [1.29, 1.82) is 0 Å². The molecular weight excluding hydrogens is 304 g/mol. The second-order valence-electron chi connectivity index (χ2n) is 5.69. The molecule has 0 N–H and O–H groups in total. The third kappa shape index (κ3) is 4.35. The number of nitrogens with zero attached hydrogens (tertiary/aromatic N) is 2. The zero-order chi connectivity index (χ0) is 16.1. The van der Waals surface area contributed by atoms with Gasteiger partial charge < -0.3 is 19.3 Å². The summed E-state index contributed by atoms with van der Waals surface area (Å²) in [4.78, 5) is 16.5. The van der Waals surface area contributed by atoms with Gasteiger partial charge >= 0.3 is 0 Å². The number of benzene rings is 1. The van der Waals surface area contributed by atoms with Crippen molar-refractivity contribution < 1.29 is 14.3 Å². The molecule has 6 heteroatoms. The Bertz CT molecular complexity index is 522. The van der Waals surface area contributed by atoms with Gasteiger partial charge in [0.15, 0.2) is 0 Å². The van der Waals surface area contributed by atoms with Gasteiger partial charge in [-0.05, 0) is 26.2 Å². The van der Waals surface area contributed by atoms with Crippen LogP contribution in [-0.2, 0) is 16.0 Å². The molecule has 5 nitrogen and oxygen atoms in total. The fourth-order valence-corrected chi connectivity index (χ4v) is 2.86. The van der Waals surface area contributed by atoms with E-state index in [1.165, 1.54) is 0 Å². The second kappa shape index (κ2) is 7.81. The fourth-order valence-electron chi connectivity index (χ4n) is 2.63. The van der Waals surface area contributed by atoms with E-state index < -0.39 is 0 Å². The van der Waals surface area contributed by atoms with E-state index in [4.69, 9.17) is 21.1 Å². The lowest BCUT2D eigenvalue weighted by molar-refractivity contribution is -0.138. The number of morpholine rings is 1. The third-order valence-electron chi connectivity index (χ3n) is 3.68. The molecule has 1 heterocycles. The Balaban J connectivity index is 2.03. The number of methoxy groups -OCH3 is 1. The normalized spacial score (nSPS) is 18.6. The monoisotopic (exact) mass is 326 g/mol. The lowest BCUT2D eigenvalue weighted by atomic mass is 10.1. The summed E-state index contributed by atoms with van der Waals surface area (Å²) in [5, 5.41) is 0.561. The Kier molecular flexibility index (Phi) is 6.06. The van der Waals surface area contributed by atoms with Gasteiger partial charge in [-0.25, -0.2) is 0 Å².